The summed E-state index contributed by atoms with van der Waals surface area (Å²) >= 11 is 0. The van der Waals surface area contributed by atoms with E-state index in [0.29, 0.717) is 0 Å². The van der Waals surface area contributed by atoms with Gasteiger partial charge in [0, 0.05) is 0 Å². The van der Waals surface area contributed by atoms with E-state index in [0.717, 1.165) is 25.1 Å². The quantitative estimate of drug-likeness (QED) is 0.749. The van der Waals surface area contributed by atoms with E-state index in [4.69, 9.17) is 5.11 Å². The van der Waals surface area contributed by atoms with E-state index in [2.05, 4.69) is 17.2 Å². The highest BCUT2D eigenvalue weighted by atomic mass is 16.3. The minimum Gasteiger partial charge on any atom is -0.393 e. The molecule has 2 aliphatic rings. The van der Waals surface area contributed by atoms with Gasteiger partial charge in [0.15, 0.2) is 5.82 Å². The van der Waals surface area contributed by atoms with E-state index in [1.54, 1.807) is 4.68 Å². The maximum absolute atomic E-state index is 8.86. The van der Waals surface area contributed by atoms with E-state index < -0.39 is 0 Å². The smallest absolute Gasteiger partial charge is 0.197 e. The first-order chi connectivity index (χ1) is 5.77. The second-order valence-electron chi connectivity index (χ2n) is 2.87. The summed E-state index contributed by atoms with van der Waals surface area (Å²) in [5, 5.41) is 15.9. The number of rotatable bonds is 3. The molecule has 1 N–H and O–H groups in total. The largest absolute Gasteiger partial charge is 0.393 e. The highest BCUT2D eigenvalue weighted by Crippen LogP contribution is 2.10. The topological polar surface area (TPSA) is 50.9 Å². The van der Waals surface area contributed by atoms with Crippen molar-refractivity contribution in [3.63, 3.8) is 0 Å². The van der Waals surface area contributed by atoms with E-state index >= 15 is 0 Å². The molecule has 2 aliphatic heterocycles. The Kier molecular flexibility index (Phi) is 3.22. The normalized spacial score (nSPS) is 13.2. The van der Waals surface area contributed by atoms with Gasteiger partial charge in [-0.2, -0.15) is 4.68 Å². The van der Waals surface area contributed by atoms with Gasteiger partial charge in [-0.25, -0.2) is 0 Å². The third kappa shape index (κ3) is 2.62. The molecule has 0 aliphatic carbocycles. The lowest BCUT2D eigenvalue weighted by atomic mass is 10.2. The molecule has 68 valence electrons. The summed E-state index contributed by atoms with van der Waals surface area (Å²) in [5.74, 6) is 1.02. The zero-order valence-electron chi connectivity index (χ0n) is 7.56. The minimum absolute atomic E-state index is 0.0509. The predicted octanol–water partition coefficient (Wildman–Crippen LogP) is 1.14. The van der Waals surface area contributed by atoms with Crippen molar-refractivity contribution in [2.75, 3.05) is 0 Å². The molecule has 0 spiro atoms. The molecular formula is C8H15N3O. The first kappa shape index (κ1) is 9.19. The molecule has 0 bridgehead atoms. The van der Waals surface area contributed by atoms with Gasteiger partial charge in [-0.05, 0) is 12.8 Å². The van der Waals surface area contributed by atoms with Crippen molar-refractivity contribution in [3.8, 4) is 5.82 Å². The Hall–Kier alpha value is -0.900. The Bertz CT molecular complexity index is 210. The molecule has 4 nitrogen and oxygen atoms in total. The van der Waals surface area contributed by atoms with E-state index in [9.17, 15) is 0 Å². The highest BCUT2D eigenvalue weighted by molar-refractivity contribution is 5.28. The summed E-state index contributed by atoms with van der Waals surface area (Å²) in [6, 6.07) is 0. The van der Waals surface area contributed by atoms with Crippen LogP contribution in [0, 0.1) is 0 Å². The van der Waals surface area contributed by atoms with Gasteiger partial charge in [-0.3, -0.25) is 0 Å². The summed E-state index contributed by atoms with van der Waals surface area (Å²) in [4.78, 5) is 0. The number of aliphatic hydroxyl groups is 1. The predicted molar refractivity (Wildman–Crippen MR) is 46.1 cm³/mol. The molecule has 12 heavy (non-hydrogen) atoms. The van der Waals surface area contributed by atoms with Crippen molar-refractivity contribution in [2.24, 2.45) is 0 Å². The first-order valence-corrected chi connectivity index (χ1v) is 4.38. The number of aromatic nitrogens is 3. The molecule has 1 atom stereocenters. The Morgan fingerprint density at radius 3 is 2.33 bits per heavy atom. The fourth-order valence-electron chi connectivity index (χ4n) is 0.817. The summed E-state index contributed by atoms with van der Waals surface area (Å²) in [6.45, 7) is 4.08. The van der Waals surface area contributed by atoms with E-state index in [1.165, 1.54) is 0 Å². The molecule has 0 radical (unpaired) electrons. The number of hydrogen-bond donors (Lipinski definition) is 1. The fraction of sp³-hybridized carbons (Fsp3) is 0.750. The van der Waals surface area contributed by atoms with Crippen molar-refractivity contribution in [2.45, 2.75) is 39.2 Å². The maximum Gasteiger partial charge on any atom is 0.197 e. The Labute approximate surface area is 72.2 Å². The van der Waals surface area contributed by atoms with Crippen molar-refractivity contribution >= 4 is 0 Å². The van der Waals surface area contributed by atoms with Crippen LogP contribution in [0.3, 0.4) is 0 Å². The van der Waals surface area contributed by atoms with Gasteiger partial charge in [0.1, 0.15) is 0 Å². The molecule has 0 fully saturated rings. The average Bonchev–Trinajstić information content (AvgIpc) is 2.60. The Morgan fingerprint density at radius 2 is 2.25 bits per heavy atom. The zero-order valence-corrected chi connectivity index (χ0v) is 7.56. The second-order valence-corrected chi connectivity index (χ2v) is 2.87. The van der Waals surface area contributed by atoms with Gasteiger partial charge in [0.05, 0.1) is 12.3 Å². The third-order valence-corrected chi connectivity index (χ3v) is 1.74. The molecule has 1 unspecified atom stereocenters. The molecule has 0 saturated heterocycles. The van der Waals surface area contributed by atoms with E-state index in [-0.39, 0.29) is 6.10 Å². The molecule has 0 amide bonds. The summed E-state index contributed by atoms with van der Waals surface area (Å²) in [7, 11) is 0. The summed E-state index contributed by atoms with van der Waals surface area (Å²) < 4.78 is 1.72. The van der Waals surface area contributed by atoms with Gasteiger partial charge >= 0.3 is 0 Å². The van der Waals surface area contributed by atoms with Crippen LogP contribution in [0.4, 0.5) is 0 Å². The molecular weight excluding hydrogens is 154 g/mol. The van der Waals surface area contributed by atoms with Crippen molar-refractivity contribution in [3.05, 3.63) is 6.20 Å². The average molecular weight is 169 g/mol. The first-order valence-electron chi connectivity index (χ1n) is 4.38. The fourth-order valence-corrected chi connectivity index (χ4v) is 0.817. The number of fused-ring (bicyclic) bond motifs is 1. The third-order valence-electron chi connectivity index (χ3n) is 1.74. The van der Waals surface area contributed by atoms with Crippen LogP contribution in [-0.2, 0) is 0 Å². The highest BCUT2D eigenvalue weighted by Gasteiger charge is 2.14. The van der Waals surface area contributed by atoms with Gasteiger partial charge in [-0.1, -0.05) is 25.5 Å². The molecule has 0 aromatic rings. The molecule has 2 rings (SSSR count). The van der Waals surface area contributed by atoms with Gasteiger partial charge in [0.2, 0.25) is 0 Å². The van der Waals surface area contributed by atoms with Crippen LogP contribution >= 0.6 is 0 Å². The van der Waals surface area contributed by atoms with Crippen LogP contribution in [-0.4, -0.2) is 26.2 Å². The summed E-state index contributed by atoms with van der Waals surface area (Å²) in [6.07, 6.45) is 4.75. The second kappa shape index (κ2) is 4.21. The maximum atomic E-state index is 8.86. The number of aliphatic hydroxyl groups excluding tert-OH is 1. The van der Waals surface area contributed by atoms with Gasteiger partial charge in [0.25, 0.3) is 0 Å². The SMILES string of the molecule is CCCC(O)CC.c1c2nnn1-2. The Balaban J connectivity index is 0.000000123. The lowest BCUT2D eigenvalue weighted by Gasteiger charge is -2.01. The standard InChI is InChI=1S/C6H14O.C2HN3/c1-3-5-6(7)4-2;1-2-3-4-5(1)2/h6-7H,3-5H2,1-2H3;1H. The number of nitrogens with zero attached hydrogens (tertiary/aromatic N) is 3. The van der Waals surface area contributed by atoms with Crippen LogP contribution in [0.1, 0.15) is 33.1 Å². The van der Waals surface area contributed by atoms with Crippen molar-refractivity contribution in [1.82, 2.24) is 15.0 Å². The Morgan fingerprint density at radius 1 is 1.58 bits per heavy atom. The monoisotopic (exact) mass is 169 g/mol. The van der Waals surface area contributed by atoms with Crippen LogP contribution in [0.25, 0.3) is 5.82 Å². The molecule has 0 saturated carbocycles. The van der Waals surface area contributed by atoms with Crippen LogP contribution < -0.4 is 0 Å². The van der Waals surface area contributed by atoms with Crippen LogP contribution in [0.5, 0.6) is 0 Å². The minimum atomic E-state index is -0.0509. The van der Waals surface area contributed by atoms with E-state index in [1.807, 2.05) is 13.1 Å². The van der Waals surface area contributed by atoms with Crippen LogP contribution in [0.15, 0.2) is 6.20 Å². The van der Waals surface area contributed by atoms with Crippen molar-refractivity contribution in [1.29, 1.82) is 0 Å². The van der Waals surface area contributed by atoms with Crippen molar-refractivity contribution < 1.29 is 5.11 Å². The van der Waals surface area contributed by atoms with Gasteiger partial charge < -0.3 is 5.11 Å². The molecule has 2 heterocycles. The molecule has 4 heteroatoms. The molecule has 0 aromatic heterocycles. The van der Waals surface area contributed by atoms with Gasteiger partial charge in [-0.15, -0.1) is 5.10 Å². The summed E-state index contributed by atoms with van der Waals surface area (Å²) in [5.41, 5.74) is 0. The molecule has 0 aromatic carbocycles. The number of hydrogen-bond acceptors (Lipinski definition) is 3. The zero-order chi connectivity index (χ0) is 8.97. The lowest BCUT2D eigenvalue weighted by molar-refractivity contribution is 0.159. The van der Waals surface area contributed by atoms with Crippen LogP contribution in [0.2, 0.25) is 0 Å². The lowest BCUT2D eigenvalue weighted by Crippen LogP contribution is -2.01.